The van der Waals surface area contributed by atoms with Crippen molar-refractivity contribution in [2.24, 2.45) is 7.05 Å². The molecule has 1 saturated heterocycles. The van der Waals surface area contributed by atoms with Gasteiger partial charge in [-0.05, 0) is 26.8 Å². The smallest absolute Gasteiger partial charge is 0.254 e. The van der Waals surface area contributed by atoms with E-state index in [1.807, 2.05) is 33.9 Å². The highest BCUT2D eigenvalue weighted by molar-refractivity contribution is 5.94. The van der Waals surface area contributed by atoms with Crippen molar-refractivity contribution >= 4 is 11.8 Å². The molecule has 1 fully saturated rings. The average molecular weight is 344 g/mol. The Labute approximate surface area is 146 Å². The fourth-order valence-electron chi connectivity index (χ4n) is 3.14. The predicted octanol–water partition coefficient (Wildman–Crippen LogP) is 1.07. The first kappa shape index (κ1) is 17.2. The lowest BCUT2D eigenvalue weighted by molar-refractivity contribution is -0.127. The number of rotatable bonds is 3. The summed E-state index contributed by atoms with van der Waals surface area (Å²) in [5.74, 6) is -0.224. The van der Waals surface area contributed by atoms with Crippen LogP contribution >= 0.6 is 0 Å². The van der Waals surface area contributed by atoms with Gasteiger partial charge in [-0.1, -0.05) is 0 Å². The number of hydrogen-bond acceptors (Lipinski definition) is 4. The molecule has 0 radical (unpaired) electrons. The summed E-state index contributed by atoms with van der Waals surface area (Å²) in [7, 11) is 3.59. The van der Waals surface area contributed by atoms with Crippen LogP contribution in [-0.4, -0.2) is 49.4 Å². The van der Waals surface area contributed by atoms with Gasteiger partial charge in [0.25, 0.3) is 5.91 Å². The first-order chi connectivity index (χ1) is 11.7. The number of nitrogens with zero attached hydrogens (tertiary/aromatic N) is 5. The third kappa shape index (κ3) is 3.16. The van der Waals surface area contributed by atoms with Gasteiger partial charge in [-0.15, -0.1) is 0 Å². The topological polar surface area (TPSA) is 85.1 Å². The zero-order valence-electron chi connectivity index (χ0n) is 15.2. The number of likely N-dealkylation sites (tertiary alicyclic amines) is 1. The standard InChI is InChI=1S/C17H24N6O2/c1-17(2,3)23-10-11(9-19-23)16(25)20-12-8-14(24)21(4)15(12)13-6-7-18-22(13)5/h6-7,9-10,12,15H,8H2,1-5H3,(H,20,25)/t12-,15-/m1/s1. The number of amides is 2. The van der Waals surface area contributed by atoms with Gasteiger partial charge < -0.3 is 10.2 Å². The van der Waals surface area contributed by atoms with Gasteiger partial charge in [0.2, 0.25) is 5.91 Å². The SMILES string of the molecule is CN1C(=O)C[C@@H](NC(=O)c2cnn(C(C)(C)C)c2)[C@@H]1c1ccnn1C. The molecule has 2 aromatic heterocycles. The van der Waals surface area contributed by atoms with E-state index in [4.69, 9.17) is 0 Å². The van der Waals surface area contributed by atoms with Crippen molar-refractivity contribution in [2.45, 2.75) is 44.8 Å². The van der Waals surface area contributed by atoms with Gasteiger partial charge >= 0.3 is 0 Å². The van der Waals surface area contributed by atoms with Gasteiger partial charge in [-0.3, -0.25) is 19.0 Å². The molecule has 2 aromatic rings. The second kappa shape index (κ2) is 6.02. The van der Waals surface area contributed by atoms with E-state index < -0.39 is 0 Å². The minimum Gasteiger partial charge on any atom is -0.346 e. The molecule has 1 aliphatic heterocycles. The van der Waals surface area contributed by atoms with E-state index in [1.165, 1.54) is 0 Å². The van der Waals surface area contributed by atoms with Crippen LogP contribution in [0.25, 0.3) is 0 Å². The molecule has 0 saturated carbocycles. The Bertz CT molecular complexity index is 800. The van der Waals surface area contributed by atoms with Crippen LogP contribution in [0.3, 0.4) is 0 Å². The molecule has 2 amide bonds. The van der Waals surface area contributed by atoms with Gasteiger partial charge in [0, 0.05) is 32.9 Å². The molecule has 134 valence electrons. The first-order valence-corrected chi connectivity index (χ1v) is 8.28. The van der Waals surface area contributed by atoms with Crippen LogP contribution in [0.1, 0.15) is 49.3 Å². The molecular formula is C17H24N6O2. The molecule has 1 N–H and O–H groups in total. The fraction of sp³-hybridized carbons (Fsp3) is 0.529. The zero-order valence-corrected chi connectivity index (χ0v) is 15.2. The van der Waals surface area contributed by atoms with Crippen LogP contribution in [-0.2, 0) is 17.4 Å². The number of aromatic nitrogens is 4. The molecule has 0 aliphatic carbocycles. The van der Waals surface area contributed by atoms with Crippen LogP contribution < -0.4 is 5.32 Å². The van der Waals surface area contributed by atoms with Crippen LogP contribution in [0.4, 0.5) is 0 Å². The second-order valence-corrected chi connectivity index (χ2v) is 7.46. The Kier molecular flexibility index (Phi) is 4.14. The van der Waals surface area contributed by atoms with E-state index in [0.717, 1.165) is 5.69 Å². The van der Waals surface area contributed by atoms with Crippen molar-refractivity contribution in [3.8, 4) is 0 Å². The largest absolute Gasteiger partial charge is 0.346 e. The number of aryl methyl sites for hydroxylation is 1. The first-order valence-electron chi connectivity index (χ1n) is 8.28. The van der Waals surface area contributed by atoms with Crippen molar-refractivity contribution in [2.75, 3.05) is 7.05 Å². The van der Waals surface area contributed by atoms with Gasteiger partial charge in [0.15, 0.2) is 0 Å². The zero-order chi connectivity index (χ0) is 18.4. The van der Waals surface area contributed by atoms with Gasteiger partial charge in [-0.25, -0.2) is 0 Å². The highest BCUT2D eigenvalue weighted by Gasteiger charge is 2.41. The highest BCUT2D eigenvalue weighted by atomic mass is 16.2. The fourth-order valence-corrected chi connectivity index (χ4v) is 3.14. The van der Waals surface area contributed by atoms with Crippen LogP contribution in [0.2, 0.25) is 0 Å². The van der Waals surface area contributed by atoms with Crippen LogP contribution in [0.5, 0.6) is 0 Å². The monoisotopic (exact) mass is 344 g/mol. The number of hydrogen-bond donors (Lipinski definition) is 1. The number of carbonyl (C=O) groups is 2. The lowest BCUT2D eigenvalue weighted by atomic mass is 10.1. The van der Waals surface area contributed by atoms with Gasteiger partial charge in [0.1, 0.15) is 0 Å². The molecule has 0 spiro atoms. The molecular weight excluding hydrogens is 320 g/mol. The number of nitrogens with one attached hydrogen (secondary N) is 1. The Morgan fingerprint density at radius 3 is 2.56 bits per heavy atom. The lowest BCUT2D eigenvalue weighted by Crippen LogP contribution is -2.39. The van der Waals surface area contributed by atoms with E-state index in [1.54, 1.807) is 39.9 Å². The van der Waals surface area contributed by atoms with Crippen molar-refractivity contribution in [1.29, 1.82) is 0 Å². The molecule has 3 heterocycles. The van der Waals surface area contributed by atoms with Crippen molar-refractivity contribution < 1.29 is 9.59 Å². The molecule has 1 aliphatic rings. The quantitative estimate of drug-likeness (QED) is 0.903. The van der Waals surface area contributed by atoms with Crippen molar-refractivity contribution in [3.05, 3.63) is 35.9 Å². The third-order valence-electron chi connectivity index (χ3n) is 4.60. The van der Waals surface area contributed by atoms with E-state index >= 15 is 0 Å². The lowest BCUT2D eigenvalue weighted by Gasteiger charge is -2.25. The second-order valence-electron chi connectivity index (χ2n) is 7.46. The molecule has 3 rings (SSSR count). The van der Waals surface area contributed by atoms with E-state index in [0.29, 0.717) is 5.56 Å². The van der Waals surface area contributed by atoms with Crippen molar-refractivity contribution in [1.82, 2.24) is 29.8 Å². The summed E-state index contributed by atoms with van der Waals surface area (Å²) in [6, 6.07) is 1.33. The molecule has 2 atom stereocenters. The summed E-state index contributed by atoms with van der Waals surface area (Å²) in [5, 5.41) is 11.4. The van der Waals surface area contributed by atoms with E-state index in [2.05, 4.69) is 15.5 Å². The molecule has 0 bridgehead atoms. The highest BCUT2D eigenvalue weighted by Crippen LogP contribution is 2.31. The minimum absolute atomic E-state index is 0.00175. The molecule has 0 aromatic carbocycles. The Balaban J connectivity index is 1.81. The predicted molar refractivity (Wildman–Crippen MR) is 91.8 cm³/mol. The summed E-state index contributed by atoms with van der Waals surface area (Å²) in [6.45, 7) is 6.06. The summed E-state index contributed by atoms with van der Waals surface area (Å²) >= 11 is 0. The Morgan fingerprint density at radius 2 is 2.00 bits per heavy atom. The van der Waals surface area contributed by atoms with Gasteiger partial charge in [-0.2, -0.15) is 10.2 Å². The van der Waals surface area contributed by atoms with E-state index in [9.17, 15) is 9.59 Å². The summed E-state index contributed by atoms with van der Waals surface area (Å²) in [5.41, 5.74) is 1.18. The Hall–Kier alpha value is -2.64. The normalized spacial score (nSPS) is 21.0. The van der Waals surface area contributed by atoms with Gasteiger partial charge in [0.05, 0.1) is 35.1 Å². The third-order valence-corrected chi connectivity index (χ3v) is 4.60. The average Bonchev–Trinajstić information content (AvgIpc) is 3.21. The summed E-state index contributed by atoms with van der Waals surface area (Å²) < 4.78 is 3.49. The Morgan fingerprint density at radius 1 is 1.28 bits per heavy atom. The summed E-state index contributed by atoms with van der Waals surface area (Å²) in [6.07, 6.45) is 5.25. The number of carbonyl (C=O) groups excluding carboxylic acids is 2. The minimum atomic E-state index is -0.307. The molecule has 8 nitrogen and oxygen atoms in total. The summed E-state index contributed by atoms with van der Waals surface area (Å²) in [4.78, 5) is 26.5. The molecule has 0 unspecified atom stereocenters. The van der Waals surface area contributed by atoms with Crippen molar-refractivity contribution in [3.63, 3.8) is 0 Å². The maximum atomic E-state index is 12.6. The molecule has 25 heavy (non-hydrogen) atoms. The maximum absolute atomic E-state index is 12.6. The number of likely N-dealkylation sites (N-methyl/N-ethyl adjacent to an activating group) is 1. The van der Waals surface area contributed by atoms with Crippen LogP contribution in [0.15, 0.2) is 24.7 Å². The maximum Gasteiger partial charge on any atom is 0.254 e. The van der Waals surface area contributed by atoms with Crippen LogP contribution in [0, 0.1) is 0 Å². The molecule has 8 heteroatoms. The van der Waals surface area contributed by atoms with E-state index in [-0.39, 0.29) is 35.9 Å².